The third-order valence-corrected chi connectivity index (χ3v) is 1.87. The Morgan fingerprint density at radius 3 is 3.23 bits per heavy atom. The number of hydrogen-bond acceptors (Lipinski definition) is 3. The van der Waals surface area contributed by atoms with Crippen LogP contribution in [0.4, 0.5) is 0 Å². The van der Waals surface area contributed by atoms with E-state index in [0.717, 1.165) is 12.1 Å². The molecule has 1 aliphatic heterocycles. The maximum atomic E-state index is 10.7. The first-order valence-electron chi connectivity index (χ1n) is 4.07. The van der Waals surface area contributed by atoms with Gasteiger partial charge in [-0.05, 0) is 17.7 Å². The summed E-state index contributed by atoms with van der Waals surface area (Å²) in [5, 5.41) is 0. The Labute approximate surface area is 77.5 Å². The second-order valence-corrected chi connectivity index (χ2v) is 2.92. The molecule has 0 radical (unpaired) electrons. The number of carbonyl (C=O) groups is 1. The maximum absolute atomic E-state index is 10.7. The van der Waals surface area contributed by atoms with Crippen LogP contribution in [0.3, 0.4) is 0 Å². The van der Waals surface area contributed by atoms with E-state index < -0.39 is 0 Å². The van der Waals surface area contributed by atoms with E-state index in [2.05, 4.69) is 4.99 Å². The molecular weight excluding hydrogens is 166 g/mol. The summed E-state index contributed by atoms with van der Waals surface area (Å²) in [6.07, 6.45) is 1.79. The Balaban J connectivity index is 0.000000980. The highest BCUT2D eigenvalue weighted by Gasteiger charge is 2.07. The summed E-state index contributed by atoms with van der Waals surface area (Å²) < 4.78 is 4.94. The van der Waals surface area contributed by atoms with Gasteiger partial charge in [-0.25, -0.2) is 0 Å². The molecule has 0 bridgehead atoms. The molecule has 1 aromatic rings. The van der Waals surface area contributed by atoms with E-state index in [1.54, 1.807) is 12.3 Å². The van der Waals surface area contributed by atoms with E-state index in [0.29, 0.717) is 5.75 Å². The van der Waals surface area contributed by atoms with Gasteiger partial charge in [-0.2, -0.15) is 0 Å². The summed E-state index contributed by atoms with van der Waals surface area (Å²) in [7, 11) is 0. The average molecular weight is 176 g/mol. The van der Waals surface area contributed by atoms with Crippen LogP contribution in [0.15, 0.2) is 23.2 Å². The Bertz CT molecular complexity index is 388. The first-order valence-corrected chi connectivity index (χ1v) is 4.07. The number of esters is 1. The van der Waals surface area contributed by atoms with E-state index in [1.807, 2.05) is 12.1 Å². The van der Waals surface area contributed by atoms with E-state index in [9.17, 15) is 4.79 Å². The molecule has 0 saturated carbocycles. The number of rotatable bonds is 1. The van der Waals surface area contributed by atoms with Crippen molar-refractivity contribution in [1.29, 1.82) is 0 Å². The van der Waals surface area contributed by atoms with Crippen molar-refractivity contribution in [3.8, 4) is 5.75 Å². The molecule has 0 fully saturated rings. The Morgan fingerprint density at radius 2 is 2.46 bits per heavy atom. The Kier molecular flexibility index (Phi) is 1.85. The normalized spacial score (nSPS) is 12.7. The molecule has 3 nitrogen and oxygen atoms in total. The van der Waals surface area contributed by atoms with Crippen molar-refractivity contribution in [3.05, 3.63) is 29.3 Å². The van der Waals surface area contributed by atoms with Gasteiger partial charge in [0, 0.05) is 18.7 Å². The van der Waals surface area contributed by atoms with Crippen molar-refractivity contribution in [2.75, 3.05) is 0 Å². The predicted molar refractivity (Wildman–Crippen MR) is 50.2 cm³/mol. The summed E-state index contributed by atoms with van der Waals surface area (Å²) >= 11 is 0. The van der Waals surface area contributed by atoms with Crippen LogP contribution in [0.1, 0.15) is 19.5 Å². The molecule has 1 aromatic carbocycles. The zero-order valence-electron chi connectivity index (χ0n) is 8.28. The number of benzene rings is 1. The lowest BCUT2D eigenvalue weighted by Gasteiger charge is -2.02. The van der Waals surface area contributed by atoms with Gasteiger partial charge in [-0.15, -0.1) is 0 Å². The first kappa shape index (κ1) is 7.98. The summed E-state index contributed by atoms with van der Waals surface area (Å²) in [5.41, 5.74) is 2.22. The van der Waals surface area contributed by atoms with Crippen LogP contribution in [0, 0.1) is 0 Å². The molecule has 0 N–H and O–H groups in total. The number of carbonyl (C=O) groups excluding carboxylic acids is 1. The number of hydrogen-bond donors (Lipinski definition) is 0. The largest absolute Gasteiger partial charge is 1.00 e. The monoisotopic (exact) mass is 176 g/mol. The second kappa shape index (κ2) is 3.01. The molecular formula is C10H10NO2+. The molecule has 1 aliphatic rings. The zero-order chi connectivity index (χ0) is 9.26. The standard InChI is InChI=1S/C10H9NO2/c1-7(12)13-10-3-2-8-5-11-6-9(8)4-10/h2-4,6H,5H2,1H3/p+1. The van der Waals surface area contributed by atoms with Crippen molar-refractivity contribution in [2.45, 2.75) is 13.5 Å². The van der Waals surface area contributed by atoms with Crippen molar-refractivity contribution in [3.63, 3.8) is 0 Å². The SMILES string of the molecule is CC(=O)Oc1ccc2c(c1)C=NC2.[H+]. The smallest absolute Gasteiger partial charge is 0.427 e. The number of ether oxygens (including phenoxy) is 1. The van der Waals surface area contributed by atoms with Gasteiger partial charge in [0.1, 0.15) is 5.75 Å². The van der Waals surface area contributed by atoms with Crippen LogP contribution in [-0.2, 0) is 11.3 Å². The molecule has 66 valence electrons. The van der Waals surface area contributed by atoms with Gasteiger partial charge in [0.15, 0.2) is 0 Å². The van der Waals surface area contributed by atoms with Crippen LogP contribution in [-0.4, -0.2) is 12.2 Å². The van der Waals surface area contributed by atoms with Gasteiger partial charge >= 0.3 is 7.40 Å². The molecule has 0 saturated heterocycles. The van der Waals surface area contributed by atoms with Gasteiger partial charge in [-0.1, -0.05) is 6.07 Å². The van der Waals surface area contributed by atoms with Crippen LogP contribution < -0.4 is 4.74 Å². The van der Waals surface area contributed by atoms with Crippen molar-refractivity contribution >= 4 is 12.2 Å². The van der Waals surface area contributed by atoms with Crippen molar-refractivity contribution in [2.24, 2.45) is 4.99 Å². The average Bonchev–Trinajstić information content (AvgIpc) is 2.49. The third-order valence-electron chi connectivity index (χ3n) is 1.87. The van der Waals surface area contributed by atoms with Gasteiger partial charge in [-0.3, -0.25) is 9.79 Å². The fraction of sp³-hybridized carbons (Fsp3) is 0.200. The topological polar surface area (TPSA) is 38.7 Å². The Hall–Kier alpha value is -1.64. The highest BCUT2D eigenvalue weighted by atomic mass is 16.5. The minimum Gasteiger partial charge on any atom is -0.427 e. The molecule has 2 rings (SSSR count). The lowest BCUT2D eigenvalue weighted by Crippen LogP contribution is -2.01. The minimum atomic E-state index is -0.296. The van der Waals surface area contributed by atoms with E-state index in [1.165, 1.54) is 12.5 Å². The van der Waals surface area contributed by atoms with Crippen LogP contribution in [0.25, 0.3) is 0 Å². The highest BCUT2D eigenvalue weighted by molar-refractivity contribution is 5.85. The molecule has 0 atom stereocenters. The molecule has 3 heteroatoms. The summed E-state index contributed by atoms with van der Waals surface area (Å²) in [6.45, 7) is 2.12. The zero-order valence-corrected chi connectivity index (χ0v) is 7.28. The maximum Gasteiger partial charge on any atom is 1.00 e. The van der Waals surface area contributed by atoms with Gasteiger partial charge in [0.05, 0.1) is 6.54 Å². The molecule has 0 amide bonds. The van der Waals surface area contributed by atoms with Gasteiger partial charge in [0.25, 0.3) is 0 Å². The van der Waals surface area contributed by atoms with E-state index in [-0.39, 0.29) is 7.40 Å². The first-order chi connectivity index (χ1) is 6.25. The second-order valence-electron chi connectivity index (χ2n) is 2.92. The van der Waals surface area contributed by atoms with Crippen molar-refractivity contribution in [1.82, 2.24) is 0 Å². The third kappa shape index (κ3) is 1.59. The molecule has 0 aromatic heterocycles. The van der Waals surface area contributed by atoms with Crippen LogP contribution >= 0.6 is 0 Å². The predicted octanol–water partition coefficient (Wildman–Crippen LogP) is 1.66. The Morgan fingerprint density at radius 1 is 1.62 bits per heavy atom. The number of aliphatic imine (C=N–C) groups is 1. The fourth-order valence-corrected chi connectivity index (χ4v) is 1.31. The molecule has 13 heavy (non-hydrogen) atoms. The van der Waals surface area contributed by atoms with Crippen LogP contribution in [0.2, 0.25) is 0 Å². The molecule has 1 heterocycles. The molecule has 0 unspecified atom stereocenters. The molecule has 0 aliphatic carbocycles. The van der Waals surface area contributed by atoms with Crippen LogP contribution in [0.5, 0.6) is 5.75 Å². The van der Waals surface area contributed by atoms with Gasteiger partial charge in [0.2, 0.25) is 0 Å². The van der Waals surface area contributed by atoms with E-state index in [4.69, 9.17) is 4.74 Å². The molecule has 0 spiro atoms. The fourth-order valence-electron chi connectivity index (χ4n) is 1.31. The number of nitrogens with zero attached hydrogens (tertiary/aromatic N) is 1. The summed E-state index contributed by atoms with van der Waals surface area (Å²) in [6, 6.07) is 5.54. The van der Waals surface area contributed by atoms with Gasteiger partial charge < -0.3 is 4.74 Å². The summed E-state index contributed by atoms with van der Waals surface area (Å²) in [4.78, 5) is 14.8. The quantitative estimate of drug-likeness (QED) is 0.482. The minimum absolute atomic E-state index is 0. The lowest BCUT2D eigenvalue weighted by molar-refractivity contribution is -0.131. The summed E-state index contributed by atoms with van der Waals surface area (Å²) in [5.74, 6) is 0.287. The van der Waals surface area contributed by atoms with E-state index >= 15 is 0 Å². The lowest BCUT2D eigenvalue weighted by atomic mass is 10.1. The van der Waals surface area contributed by atoms with Crippen molar-refractivity contribution < 1.29 is 11.0 Å². The highest BCUT2D eigenvalue weighted by Crippen LogP contribution is 2.20. The number of fused-ring (bicyclic) bond motifs is 1.